The fourth-order valence-electron chi connectivity index (χ4n) is 6.21. The zero-order chi connectivity index (χ0) is 20.4. The number of aryl methyl sites for hydroxylation is 1. The van der Waals surface area contributed by atoms with E-state index < -0.39 is 0 Å². The maximum absolute atomic E-state index is 11.1. The summed E-state index contributed by atoms with van der Waals surface area (Å²) < 4.78 is 0. The largest absolute Gasteiger partial charge is 0.507 e. The highest BCUT2D eigenvalue weighted by Crippen LogP contribution is 2.71. The lowest BCUT2D eigenvalue weighted by atomic mass is 9.64. The molecular weight excluding hydrogens is 342 g/mol. The highest BCUT2D eigenvalue weighted by atomic mass is 16.3. The van der Waals surface area contributed by atoms with Crippen molar-refractivity contribution in [2.45, 2.75) is 105 Å². The normalized spacial score (nSPS) is 28.2. The number of aromatic hydroxyl groups is 1. The predicted octanol–water partition coefficient (Wildman–Crippen LogP) is 7.08. The molecule has 0 spiro atoms. The Bertz CT molecular complexity index is 665. The van der Waals surface area contributed by atoms with Gasteiger partial charge in [0.1, 0.15) is 5.75 Å². The summed E-state index contributed by atoms with van der Waals surface area (Å²) in [6.07, 6.45) is 11.9. The van der Waals surface area contributed by atoms with E-state index in [1.807, 2.05) is 0 Å². The number of unbranched alkanes of at least 4 members (excludes halogenated alkanes) is 5. The highest BCUT2D eigenvalue weighted by Gasteiger charge is 2.61. The lowest BCUT2D eigenvalue weighted by Crippen LogP contribution is -2.31. The molecule has 0 saturated heterocycles. The number of hydrogen-bond acceptors (Lipinski definition) is 2. The van der Waals surface area contributed by atoms with Crippen LogP contribution in [0.5, 0.6) is 5.75 Å². The summed E-state index contributed by atoms with van der Waals surface area (Å²) in [4.78, 5) is 0. The molecule has 0 heterocycles. The van der Waals surface area contributed by atoms with E-state index in [1.165, 1.54) is 68.9 Å². The zero-order valence-electron chi connectivity index (χ0n) is 19.0. The Morgan fingerprint density at radius 2 is 1.79 bits per heavy atom. The molecule has 0 unspecified atom stereocenters. The van der Waals surface area contributed by atoms with Gasteiger partial charge < -0.3 is 10.4 Å². The van der Waals surface area contributed by atoms with E-state index in [4.69, 9.17) is 0 Å². The van der Waals surface area contributed by atoms with Crippen LogP contribution < -0.4 is 5.32 Å². The molecule has 0 aliphatic heterocycles. The first-order chi connectivity index (χ1) is 13.3. The van der Waals surface area contributed by atoms with Gasteiger partial charge in [-0.3, -0.25) is 0 Å². The van der Waals surface area contributed by atoms with Crippen molar-refractivity contribution in [3.63, 3.8) is 0 Å². The second kappa shape index (κ2) is 8.78. The number of phenols is 1. The van der Waals surface area contributed by atoms with Gasteiger partial charge in [0, 0.05) is 12.1 Å². The number of phenolic OH excluding ortho intramolecular Hbond substituents is 1. The van der Waals surface area contributed by atoms with Gasteiger partial charge in [-0.05, 0) is 67.4 Å². The first-order valence-electron chi connectivity index (χ1n) is 11.8. The fraction of sp³-hybridized carbons (Fsp3) is 0.769. The molecule has 2 aliphatic rings. The molecule has 1 aromatic carbocycles. The first kappa shape index (κ1) is 21.7. The van der Waals surface area contributed by atoms with Crippen LogP contribution in [0.2, 0.25) is 0 Å². The molecule has 158 valence electrons. The average Bonchev–Trinajstić information content (AvgIpc) is 2.99. The van der Waals surface area contributed by atoms with Gasteiger partial charge in [0.05, 0.1) is 0 Å². The van der Waals surface area contributed by atoms with Crippen molar-refractivity contribution in [3.8, 4) is 5.75 Å². The molecule has 28 heavy (non-hydrogen) atoms. The third-order valence-corrected chi connectivity index (χ3v) is 8.55. The highest BCUT2D eigenvalue weighted by molar-refractivity contribution is 5.47. The van der Waals surface area contributed by atoms with Gasteiger partial charge in [-0.1, -0.05) is 77.5 Å². The summed E-state index contributed by atoms with van der Waals surface area (Å²) in [5, 5.41) is 14.7. The molecule has 2 aliphatic carbocycles. The van der Waals surface area contributed by atoms with Crippen LogP contribution in [0.3, 0.4) is 0 Å². The van der Waals surface area contributed by atoms with Crippen LogP contribution in [0, 0.1) is 23.7 Å². The molecular formula is C26H43NO. The summed E-state index contributed by atoms with van der Waals surface area (Å²) in [5.41, 5.74) is 4.28. The number of fused-ring (bicyclic) bond motifs is 2. The summed E-state index contributed by atoms with van der Waals surface area (Å²) in [6.45, 7) is 13.7. The van der Waals surface area contributed by atoms with Crippen molar-refractivity contribution in [2.75, 3.05) is 6.54 Å². The molecule has 0 aromatic heterocycles. The lowest BCUT2D eigenvalue weighted by Gasteiger charge is -2.40. The van der Waals surface area contributed by atoms with Crippen LogP contribution in [-0.2, 0) is 6.54 Å². The van der Waals surface area contributed by atoms with Crippen molar-refractivity contribution in [3.05, 3.63) is 28.8 Å². The predicted molar refractivity (Wildman–Crippen MR) is 120 cm³/mol. The minimum absolute atomic E-state index is 0.312. The number of hydrogen-bond donors (Lipinski definition) is 2. The SMILES string of the molecule is CCCCCCCCNCc1cc(C)cc([C@@H]2C[C@@H]3CC[C@@]2(C)C3(C)C)c1O. The smallest absolute Gasteiger partial charge is 0.123 e. The van der Waals surface area contributed by atoms with Crippen molar-refractivity contribution >= 4 is 0 Å². The summed E-state index contributed by atoms with van der Waals surface area (Å²) in [5.74, 6) is 1.87. The minimum Gasteiger partial charge on any atom is -0.507 e. The minimum atomic E-state index is 0.312. The van der Waals surface area contributed by atoms with E-state index in [2.05, 4.69) is 52.1 Å². The van der Waals surface area contributed by atoms with Gasteiger partial charge in [0.15, 0.2) is 0 Å². The molecule has 2 saturated carbocycles. The molecule has 0 radical (unpaired) electrons. The molecule has 3 atom stereocenters. The van der Waals surface area contributed by atoms with Crippen LogP contribution in [0.25, 0.3) is 0 Å². The van der Waals surface area contributed by atoms with Crippen molar-refractivity contribution < 1.29 is 5.11 Å². The average molecular weight is 386 g/mol. The Morgan fingerprint density at radius 1 is 1.07 bits per heavy atom. The fourth-order valence-corrected chi connectivity index (χ4v) is 6.21. The van der Waals surface area contributed by atoms with Crippen LogP contribution in [-0.4, -0.2) is 11.7 Å². The number of rotatable bonds is 10. The number of benzene rings is 1. The Hall–Kier alpha value is -1.02. The second-order valence-corrected chi connectivity index (χ2v) is 10.5. The molecule has 2 heteroatoms. The number of nitrogens with one attached hydrogen (secondary N) is 1. The monoisotopic (exact) mass is 385 g/mol. The van der Waals surface area contributed by atoms with E-state index in [-0.39, 0.29) is 0 Å². The maximum Gasteiger partial charge on any atom is 0.123 e. The van der Waals surface area contributed by atoms with Gasteiger partial charge in [0.25, 0.3) is 0 Å². The van der Waals surface area contributed by atoms with Crippen LogP contribution >= 0.6 is 0 Å². The van der Waals surface area contributed by atoms with E-state index in [9.17, 15) is 5.11 Å². The zero-order valence-corrected chi connectivity index (χ0v) is 19.0. The lowest BCUT2D eigenvalue weighted by molar-refractivity contribution is 0.133. The van der Waals surface area contributed by atoms with Gasteiger partial charge >= 0.3 is 0 Å². The maximum atomic E-state index is 11.1. The van der Waals surface area contributed by atoms with Crippen molar-refractivity contribution in [1.29, 1.82) is 0 Å². The standard InChI is InChI=1S/C26H43NO/c1-6-7-8-9-10-11-14-27-18-20-15-19(2)16-22(24(20)28)23-17-21-12-13-26(23,5)25(21,3)4/h15-16,21,23,27-28H,6-14,17-18H2,1-5H3/t21-,23-,26+/m0/s1. The molecule has 1 aromatic rings. The van der Waals surface area contributed by atoms with Gasteiger partial charge in [-0.15, -0.1) is 0 Å². The second-order valence-electron chi connectivity index (χ2n) is 10.5. The van der Waals surface area contributed by atoms with Crippen LogP contribution in [0.1, 0.15) is 108 Å². The Kier molecular flexibility index (Phi) is 6.80. The van der Waals surface area contributed by atoms with Crippen LogP contribution in [0.15, 0.2) is 12.1 Å². The van der Waals surface area contributed by atoms with E-state index in [0.717, 1.165) is 24.6 Å². The van der Waals surface area contributed by atoms with Gasteiger partial charge in [0.2, 0.25) is 0 Å². The Labute approximate surface area is 173 Å². The van der Waals surface area contributed by atoms with E-state index in [0.29, 0.717) is 22.5 Å². The van der Waals surface area contributed by atoms with Crippen molar-refractivity contribution in [2.24, 2.45) is 16.7 Å². The van der Waals surface area contributed by atoms with Crippen molar-refractivity contribution in [1.82, 2.24) is 5.32 Å². The third kappa shape index (κ3) is 3.99. The summed E-state index contributed by atoms with van der Waals surface area (Å²) in [6, 6.07) is 4.44. The Balaban J connectivity index is 1.62. The Morgan fingerprint density at radius 3 is 2.43 bits per heavy atom. The molecule has 2 nitrogen and oxygen atoms in total. The summed E-state index contributed by atoms with van der Waals surface area (Å²) >= 11 is 0. The topological polar surface area (TPSA) is 32.3 Å². The third-order valence-electron chi connectivity index (χ3n) is 8.55. The van der Waals surface area contributed by atoms with E-state index >= 15 is 0 Å². The summed E-state index contributed by atoms with van der Waals surface area (Å²) in [7, 11) is 0. The quantitative estimate of drug-likeness (QED) is 0.422. The molecule has 3 rings (SSSR count). The molecule has 2 N–H and O–H groups in total. The van der Waals surface area contributed by atoms with Gasteiger partial charge in [-0.2, -0.15) is 0 Å². The first-order valence-corrected chi connectivity index (χ1v) is 11.8. The van der Waals surface area contributed by atoms with Gasteiger partial charge in [-0.25, -0.2) is 0 Å². The van der Waals surface area contributed by atoms with Crippen LogP contribution in [0.4, 0.5) is 0 Å². The van der Waals surface area contributed by atoms with E-state index in [1.54, 1.807) is 0 Å². The molecule has 2 bridgehead atoms. The molecule has 0 amide bonds. The molecule has 2 fully saturated rings.